The number of nitrogens with zero attached hydrogens (tertiary/aromatic N) is 3. The van der Waals surface area contributed by atoms with Crippen molar-refractivity contribution in [3.05, 3.63) is 51.4 Å². The summed E-state index contributed by atoms with van der Waals surface area (Å²) in [6.07, 6.45) is 0.417. The van der Waals surface area contributed by atoms with Crippen LogP contribution >= 0.6 is 0 Å². The fourth-order valence-electron chi connectivity index (χ4n) is 1.09. The molecule has 2 heterocycles. The van der Waals surface area contributed by atoms with Gasteiger partial charge in [-0.25, -0.2) is 6.57 Å². The van der Waals surface area contributed by atoms with Crippen LogP contribution < -0.4 is 11.2 Å². The summed E-state index contributed by atoms with van der Waals surface area (Å²) in [5.74, 6) is 0.712. The molecule has 0 aromatic carbocycles. The molecule has 1 aliphatic rings. The van der Waals surface area contributed by atoms with Gasteiger partial charge in [0.25, 0.3) is 6.54 Å². The molecule has 1 saturated heterocycles. The molecule has 8 nitrogen and oxygen atoms in total. The Bertz CT molecular complexity index is 710. The summed E-state index contributed by atoms with van der Waals surface area (Å²) < 4.78 is 9.14. The fourth-order valence-corrected chi connectivity index (χ4v) is 1.09. The number of hydrogen-bond acceptors (Lipinski definition) is 7. The number of nitriles is 2. The van der Waals surface area contributed by atoms with E-state index < -0.39 is 5.43 Å². The third kappa shape index (κ3) is 6.55. The lowest BCUT2D eigenvalue weighted by Gasteiger charge is -2.12. The average Bonchev–Trinajstić information content (AvgIpc) is 2.39. The van der Waals surface area contributed by atoms with E-state index in [0.717, 1.165) is 0 Å². The number of esters is 1. The summed E-state index contributed by atoms with van der Waals surface area (Å²) in [6.45, 7) is 11.0. The van der Waals surface area contributed by atoms with Crippen LogP contribution in [0.3, 0.4) is 0 Å². The SMILES string of the molecule is C=C1CC(=O)O1.Cc1cc(=O)c(C#N)c(N)o1.[C-]#[N+]CC#N. The number of nitrogen functional groups attached to an aromatic ring is 1. The van der Waals surface area contributed by atoms with Gasteiger partial charge in [0.2, 0.25) is 11.3 Å². The summed E-state index contributed by atoms with van der Waals surface area (Å²) >= 11 is 0. The van der Waals surface area contributed by atoms with Crippen LogP contribution in [-0.4, -0.2) is 12.5 Å². The molecule has 1 aliphatic heterocycles. The van der Waals surface area contributed by atoms with Gasteiger partial charge >= 0.3 is 5.97 Å². The minimum Gasteiger partial charge on any atom is -0.445 e. The lowest BCUT2D eigenvalue weighted by atomic mass is 10.3. The number of rotatable bonds is 0. The number of nitrogens with two attached hydrogens (primary N) is 1. The smallest absolute Gasteiger partial charge is 0.318 e. The second-order valence-corrected chi connectivity index (χ2v) is 3.74. The van der Waals surface area contributed by atoms with Crippen molar-refractivity contribution in [3.8, 4) is 12.1 Å². The molecular weight excluding hydrogens is 288 g/mol. The van der Waals surface area contributed by atoms with Gasteiger partial charge in [-0.2, -0.15) is 10.5 Å². The summed E-state index contributed by atoms with van der Waals surface area (Å²) in [7, 11) is 0. The molecule has 112 valence electrons. The standard InChI is InChI=1S/C7H6N2O2.C4H4O2.C3H2N2/c1-4-2-6(10)5(3-8)7(9)11-4;1-3-2-4(5)6-3;1-5-3-2-4/h2H,9H2,1H3;1-2H2;3H2. The van der Waals surface area contributed by atoms with Crippen LogP contribution in [0.1, 0.15) is 17.7 Å². The van der Waals surface area contributed by atoms with Crippen LogP contribution in [-0.2, 0) is 9.53 Å². The van der Waals surface area contributed by atoms with Gasteiger partial charge in [0.1, 0.15) is 30.1 Å². The Labute approximate surface area is 126 Å². The van der Waals surface area contributed by atoms with Gasteiger partial charge in [-0.15, -0.1) is 0 Å². The molecule has 0 spiro atoms. The predicted octanol–water partition coefficient (Wildman–Crippen LogP) is 1.28. The van der Waals surface area contributed by atoms with E-state index in [1.807, 2.05) is 0 Å². The molecule has 0 bridgehead atoms. The molecule has 0 aliphatic carbocycles. The Kier molecular flexibility index (Phi) is 7.83. The van der Waals surface area contributed by atoms with Crippen LogP contribution in [0.2, 0.25) is 0 Å². The maximum absolute atomic E-state index is 10.9. The van der Waals surface area contributed by atoms with Crippen LogP contribution in [0.5, 0.6) is 0 Å². The van der Waals surface area contributed by atoms with E-state index >= 15 is 0 Å². The van der Waals surface area contributed by atoms with Gasteiger partial charge in [-0.1, -0.05) is 6.58 Å². The first-order valence-corrected chi connectivity index (χ1v) is 5.74. The zero-order chi connectivity index (χ0) is 17.1. The second kappa shape index (κ2) is 9.35. The summed E-state index contributed by atoms with van der Waals surface area (Å²) in [5.41, 5.74) is 4.72. The second-order valence-electron chi connectivity index (χ2n) is 3.74. The summed E-state index contributed by atoms with van der Waals surface area (Å²) in [6, 6.07) is 4.55. The zero-order valence-corrected chi connectivity index (χ0v) is 11.8. The third-order valence-corrected chi connectivity index (χ3v) is 1.96. The van der Waals surface area contributed by atoms with Crippen LogP contribution in [0.4, 0.5) is 5.88 Å². The molecule has 1 fully saturated rings. The van der Waals surface area contributed by atoms with Crippen molar-refractivity contribution in [2.75, 3.05) is 12.3 Å². The minimum atomic E-state index is -0.395. The molecule has 0 amide bonds. The highest BCUT2D eigenvalue weighted by atomic mass is 16.6. The third-order valence-electron chi connectivity index (χ3n) is 1.96. The molecule has 22 heavy (non-hydrogen) atoms. The Morgan fingerprint density at radius 1 is 1.50 bits per heavy atom. The van der Waals surface area contributed by atoms with Gasteiger partial charge in [-0.05, 0) is 6.92 Å². The van der Waals surface area contributed by atoms with Crippen LogP contribution in [0, 0.1) is 36.2 Å². The minimum absolute atomic E-state index is 0.0139. The lowest BCUT2D eigenvalue weighted by Crippen LogP contribution is -2.15. The molecule has 1 aromatic rings. The van der Waals surface area contributed by atoms with E-state index in [9.17, 15) is 9.59 Å². The molecular formula is C14H12N4O4. The molecule has 0 unspecified atom stereocenters. The molecule has 1 aromatic heterocycles. The quantitative estimate of drug-likeness (QED) is 0.433. The Hall–Kier alpha value is -3.57. The zero-order valence-electron chi connectivity index (χ0n) is 11.8. The van der Waals surface area contributed by atoms with Gasteiger partial charge in [0, 0.05) is 6.07 Å². The fraction of sp³-hybridized carbons (Fsp3) is 0.214. The first kappa shape index (κ1) is 18.4. The number of carbonyl (C=O) groups is 1. The number of aryl methyl sites for hydroxylation is 1. The van der Waals surface area contributed by atoms with E-state index in [0.29, 0.717) is 17.9 Å². The molecule has 0 atom stereocenters. The Morgan fingerprint density at radius 3 is 2.32 bits per heavy atom. The Morgan fingerprint density at radius 2 is 2.09 bits per heavy atom. The number of anilines is 1. The van der Waals surface area contributed by atoms with Gasteiger partial charge in [-0.3, -0.25) is 9.59 Å². The summed E-state index contributed by atoms with van der Waals surface area (Å²) in [5, 5.41) is 16.0. The number of ether oxygens (including phenoxy) is 1. The topological polar surface area (TPSA) is 134 Å². The van der Waals surface area contributed by atoms with Crippen molar-refractivity contribution in [2.45, 2.75) is 13.3 Å². The average molecular weight is 300 g/mol. The molecule has 2 rings (SSSR count). The van der Waals surface area contributed by atoms with E-state index in [1.54, 1.807) is 19.1 Å². The highest BCUT2D eigenvalue weighted by Crippen LogP contribution is 2.13. The van der Waals surface area contributed by atoms with Crippen LogP contribution in [0.15, 0.2) is 27.6 Å². The first-order chi connectivity index (χ1) is 10.3. The molecule has 8 heteroatoms. The van der Waals surface area contributed by atoms with Crippen molar-refractivity contribution in [1.29, 1.82) is 10.5 Å². The first-order valence-electron chi connectivity index (χ1n) is 5.74. The molecule has 2 N–H and O–H groups in total. The van der Waals surface area contributed by atoms with Gasteiger partial charge in [0.15, 0.2) is 5.56 Å². The van der Waals surface area contributed by atoms with Gasteiger partial charge < -0.3 is 19.7 Å². The van der Waals surface area contributed by atoms with E-state index in [-0.39, 0.29) is 24.0 Å². The van der Waals surface area contributed by atoms with Crippen LogP contribution in [0.25, 0.3) is 4.85 Å². The normalized spacial score (nSPS) is 10.8. The largest absolute Gasteiger partial charge is 0.445 e. The maximum Gasteiger partial charge on any atom is 0.318 e. The maximum atomic E-state index is 10.9. The number of cyclic esters (lactones) is 1. The van der Waals surface area contributed by atoms with Crippen molar-refractivity contribution < 1.29 is 13.9 Å². The van der Waals surface area contributed by atoms with E-state index in [4.69, 9.17) is 27.2 Å². The van der Waals surface area contributed by atoms with E-state index in [2.05, 4.69) is 16.2 Å². The molecule has 0 saturated carbocycles. The number of carbonyl (C=O) groups excluding carboxylic acids is 1. The highest BCUT2D eigenvalue weighted by Gasteiger charge is 2.17. The monoisotopic (exact) mass is 300 g/mol. The number of hydrogen-bond donors (Lipinski definition) is 1. The van der Waals surface area contributed by atoms with E-state index in [1.165, 1.54) is 6.07 Å². The highest BCUT2D eigenvalue weighted by molar-refractivity contribution is 5.79. The van der Waals surface area contributed by atoms with Crippen molar-refractivity contribution in [1.82, 2.24) is 0 Å². The summed E-state index contributed by atoms with van der Waals surface area (Å²) in [4.78, 5) is 23.5. The van der Waals surface area contributed by atoms with Crippen molar-refractivity contribution in [2.24, 2.45) is 0 Å². The van der Waals surface area contributed by atoms with Gasteiger partial charge in [0.05, 0.1) is 0 Å². The lowest BCUT2D eigenvalue weighted by molar-refractivity contribution is -0.148. The predicted molar refractivity (Wildman–Crippen MR) is 75.8 cm³/mol. The van der Waals surface area contributed by atoms with Crippen molar-refractivity contribution >= 4 is 11.9 Å². The van der Waals surface area contributed by atoms with Crippen molar-refractivity contribution in [3.63, 3.8) is 0 Å². The molecule has 0 radical (unpaired) electrons. The Balaban J connectivity index is 0.000000338.